The molecule has 0 aliphatic carbocycles. The van der Waals surface area contributed by atoms with Gasteiger partial charge in [0.05, 0.1) is 7.11 Å². The van der Waals surface area contributed by atoms with Crippen molar-refractivity contribution in [1.29, 1.82) is 0 Å². The zero-order chi connectivity index (χ0) is 12.8. The van der Waals surface area contributed by atoms with Gasteiger partial charge in [0.25, 0.3) is 5.91 Å². The number of hydrogen-bond acceptors (Lipinski definition) is 2. The normalized spacial score (nSPS) is 10.1. The summed E-state index contributed by atoms with van der Waals surface area (Å²) in [5.41, 5.74) is 0.436. The zero-order valence-electron chi connectivity index (χ0n) is 9.87. The lowest BCUT2D eigenvalue weighted by atomic mass is 10.2. The summed E-state index contributed by atoms with van der Waals surface area (Å²) in [5.74, 6) is -0.497. The van der Waals surface area contributed by atoms with Gasteiger partial charge in [0.2, 0.25) is 0 Å². The van der Waals surface area contributed by atoms with E-state index in [1.54, 1.807) is 4.90 Å². The molecule has 0 unspecified atom stereocenters. The smallest absolute Gasteiger partial charge is 0.254 e. The second kappa shape index (κ2) is 6.59. The van der Waals surface area contributed by atoms with Gasteiger partial charge in [0.1, 0.15) is 0 Å². The molecular weight excluding hydrogens is 289 g/mol. The predicted octanol–water partition coefficient (Wildman–Crippen LogP) is 2.69. The molecule has 1 amide bonds. The minimum Gasteiger partial charge on any atom is -0.494 e. The molecule has 0 aliphatic heterocycles. The summed E-state index contributed by atoms with van der Waals surface area (Å²) in [4.78, 5) is 13.8. The van der Waals surface area contributed by atoms with Crippen LogP contribution in [0.4, 0.5) is 4.39 Å². The number of methoxy groups -OCH3 is 1. The molecule has 0 saturated carbocycles. The maximum atomic E-state index is 13.2. The molecule has 1 rings (SSSR count). The number of rotatable bonds is 5. The number of hydrogen-bond donors (Lipinski definition) is 0. The van der Waals surface area contributed by atoms with Gasteiger partial charge in [0, 0.05) is 24.0 Å². The molecular formula is C12H15BrFNO2. The zero-order valence-corrected chi connectivity index (χ0v) is 11.5. The van der Waals surface area contributed by atoms with Gasteiger partial charge in [-0.3, -0.25) is 4.79 Å². The van der Waals surface area contributed by atoms with Crippen molar-refractivity contribution in [2.24, 2.45) is 0 Å². The average Bonchev–Trinajstić information content (AvgIpc) is 2.35. The van der Waals surface area contributed by atoms with E-state index in [-0.39, 0.29) is 11.7 Å². The van der Waals surface area contributed by atoms with Crippen LogP contribution >= 0.6 is 15.9 Å². The monoisotopic (exact) mass is 303 g/mol. The number of amides is 1. The van der Waals surface area contributed by atoms with E-state index in [0.29, 0.717) is 24.0 Å². The van der Waals surface area contributed by atoms with Gasteiger partial charge in [-0.05, 0) is 25.1 Å². The van der Waals surface area contributed by atoms with Crippen LogP contribution in [0.3, 0.4) is 0 Å². The number of ether oxygens (including phenoxy) is 1. The Morgan fingerprint density at radius 2 is 2.24 bits per heavy atom. The number of alkyl halides is 1. The van der Waals surface area contributed by atoms with Crippen molar-refractivity contribution in [2.75, 3.05) is 25.5 Å². The lowest BCUT2D eigenvalue weighted by Crippen LogP contribution is -2.32. The third-order valence-corrected chi connectivity index (χ3v) is 2.78. The Balaban J connectivity index is 2.95. The maximum Gasteiger partial charge on any atom is 0.254 e. The third kappa shape index (κ3) is 3.43. The first kappa shape index (κ1) is 14.0. The summed E-state index contributed by atoms with van der Waals surface area (Å²) in [6.45, 7) is 3.14. The molecule has 3 nitrogen and oxygen atoms in total. The molecule has 0 aromatic heterocycles. The molecule has 94 valence electrons. The lowest BCUT2D eigenvalue weighted by Gasteiger charge is -2.19. The van der Waals surface area contributed by atoms with E-state index in [4.69, 9.17) is 4.74 Å². The molecule has 5 heteroatoms. The van der Waals surface area contributed by atoms with E-state index in [9.17, 15) is 9.18 Å². The second-order valence-corrected chi connectivity index (χ2v) is 4.22. The summed E-state index contributed by atoms with van der Waals surface area (Å²) >= 11 is 3.29. The second-order valence-electron chi connectivity index (χ2n) is 3.42. The first-order valence-electron chi connectivity index (χ1n) is 5.32. The van der Waals surface area contributed by atoms with E-state index < -0.39 is 5.82 Å². The first-order valence-corrected chi connectivity index (χ1v) is 6.45. The predicted molar refractivity (Wildman–Crippen MR) is 68.3 cm³/mol. The summed E-state index contributed by atoms with van der Waals surface area (Å²) in [6, 6.07) is 4.14. The van der Waals surface area contributed by atoms with Crippen molar-refractivity contribution in [3.8, 4) is 5.75 Å². The van der Waals surface area contributed by atoms with Gasteiger partial charge in [-0.2, -0.15) is 0 Å². The number of nitrogens with zero attached hydrogens (tertiary/aromatic N) is 1. The van der Waals surface area contributed by atoms with Crippen LogP contribution in [0, 0.1) is 5.82 Å². The molecule has 1 aromatic rings. The van der Waals surface area contributed by atoms with Gasteiger partial charge < -0.3 is 9.64 Å². The van der Waals surface area contributed by atoms with Crippen molar-refractivity contribution in [2.45, 2.75) is 6.92 Å². The Morgan fingerprint density at radius 1 is 1.53 bits per heavy atom. The summed E-state index contributed by atoms with van der Waals surface area (Å²) in [5, 5.41) is 0.713. The fourth-order valence-electron chi connectivity index (χ4n) is 1.48. The van der Waals surface area contributed by atoms with Crippen LogP contribution in [0.15, 0.2) is 18.2 Å². The largest absolute Gasteiger partial charge is 0.494 e. The standard InChI is InChI=1S/C12H15BrFNO2/c1-3-15(7-6-13)12(16)9-4-5-10(14)11(8-9)17-2/h4-5,8H,3,6-7H2,1-2H3. The Kier molecular flexibility index (Phi) is 5.41. The molecule has 0 N–H and O–H groups in total. The van der Waals surface area contributed by atoms with E-state index in [1.165, 1.54) is 25.3 Å². The highest BCUT2D eigenvalue weighted by atomic mass is 79.9. The van der Waals surface area contributed by atoms with E-state index in [1.807, 2.05) is 6.92 Å². The first-order chi connectivity index (χ1) is 8.13. The Labute approximate surface area is 109 Å². The van der Waals surface area contributed by atoms with Gasteiger partial charge >= 0.3 is 0 Å². The lowest BCUT2D eigenvalue weighted by molar-refractivity contribution is 0.0774. The summed E-state index contributed by atoms with van der Waals surface area (Å²) < 4.78 is 18.1. The number of benzene rings is 1. The molecule has 0 fully saturated rings. The topological polar surface area (TPSA) is 29.5 Å². The highest BCUT2D eigenvalue weighted by Gasteiger charge is 2.15. The molecule has 0 heterocycles. The van der Waals surface area contributed by atoms with Crippen LogP contribution in [0.1, 0.15) is 17.3 Å². The Morgan fingerprint density at radius 3 is 2.76 bits per heavy atom. The summed E-state index contributed by atoms with van der Waals surface area (Å²) in [6.07, 6.45) is 0. The van der Waals surface area contributed by atoms with Crippen molar-refractivity contribution in [1.82, 2.24) is 4.90 Å². The number of halogens is 2. The molecule has 0 aliphatic rings. The molecule has 0 radical (unpaired) electrons. The molecule has 0 bridgehead atoms. The highest BCUT2D eigenvalue weighted by Crippen LogP contribution is 2.19. The number of carbonyl (C=O) groups excluding carboxylic acids is 1. The van der Waals surface area contributed by atoms with E-state index in [0.717, 1.165) is 0 Å². The SMILES string of the molecule is CCN(CCBr)C(=O)c1ccc(F)c(OC)c1. The minimum atomic E-state index is -0.465. The van der Waals surface area contributed by atoms with Gasteiger partial charge in [0.15, 0.2) is 11.6 Å². The van der Waals surface area contributed by atoms with Crippen LogP contribution in [0.5, 0.6) is 5.75 Å². The van der Waals surface area contributed by atoms with Gasteiger partial charge in [-0.15, -0.1) is 0 Å². The van der Waals surface area contributed by atoms with Crippen LogP contribution in [0.25, 0.3) is 0 Å². The quantitative estimate of drug-likeness (QED) is 0.783. The van der Waals surface area contributed by atoms with Crippen molar-refractivity contribution in [3.05, 3.63) is 29.6 Å². The van der Waals surface area contributed by atoms with Crippen LogP contribution in [-0.4, -0.2) is 36.3 Å². The highest BCUT2D eigenvalue weighted by molar-refractivity contribution is 9.09. The van der Waals surface area contributed by atoms with Crippen LogP contribution < -0.4 is 4.74 Å². The molecule has 0 saturated heterocycles. The van der Waals surface area contributed by atoms with Crippen LogP contribution in [0.2, 0.25) is 0 Å². The van der Waals surface area contributed by atoms with E-state index in [2.05, 4.69) is 15.9 Å². The van der Waals surface area contributed by atoms with Crippen molar-refractivity contribution in [3.63, 3.8) is 0 Å². The third-order valence-electron chi connectivity index (χ3n) is 2.42. The summed E-state index contributed by atoms with van der Waals surface area (Å²) in [7, 11) is 1.38. The Bertz CT molecular complexity index is 398. The fourth-order valence-corrected chi connectivity index (χ4v) is 1.91. The molecule has 0 atom stereocenters. The molecule has 0 spiro atoms. The minimum absolute atomic E-state index is 0.0887. The fraction of sp³-hybridized carbons (Fsp3) is 0.417. The van der Waals surface area contributed by atoms with E-state index >= 15 is 0 Å². The van der Waals surface area contributed by atoms with Gasteiger partial charge in [-0.1, -0.05) is 15.9 Å². The van der Waals surface area contributed by atoms with Crippen LogP contribution in [-0.2, 0) is 0 Å². The maximum absolute atomic E-state index is 13.2. The van der Waals surface area contributed by atoms with Crippen molar-refractivity contribution < 1.29 is 13.9 Å². The molecule has 17 heavy (non-hydrogen) atoms. The Hall–Kier alpha value is -1.10. The van der Waals surface area contributed by atoms with Gasteiger partial charge in [-0.25, -0.2) is 4.39 Å². The average molecular weight is 304 g/mol. The van der Waals surface area contributed by atoms with Crippen molar-refractivity contribution >= 4 is 21.8 Å². The number of carbonyl (C=O) groups is 1. The molecule has 1 aromatic carbocycles.